The molecule has 3 amide bonds. The van der Waals surface area contributed by atoms with Crippen LogP contribution in [0.2, 0.25) is 0 Å². The summed E-state index contributed by atoms with van der Waals surface area (Å²) in [4.78, 5) is 60.7. The van der Waals surface area contributed by atoms with E-state index in [1.807, 2.05) is 30.3 Å². The number of aromatic amines is 1. The molecule has 0 radical (unpaired) electrons. The molecule has 1 spiro atoms. The molecule has 0 unspecified atom stereocenters. The van der Waals surface area contributed by atoms with Crippen LogP contribution >= 0.6 is 0 Å². The van der Waals surface area contributed by atoms with Gasteiger partial charge < -0.3 is 25.3 Å². The summed E-state index contributed by atoms with van der Waals surface area (Å²) < 4.78 is 5.56. The van der Waals surface area contributed by atoms with Gasteiger partial charge in [-0.05, 0) is 37.7 Å². The normalized spacial score (nSPS) is 26.4. The van der Waals surface area contributed by atoms with Crippen LogP contribution in [0.25, 0.3) is 0 Å². The number of ether oxygens (including phenoxy) is 1. The number of hydrogen-bond acceptors (Lipinski definition) is 6. The fraction of sp³-hybridized carbons (Fsp3) is 0.483. The van der Waals surface area contributed by atoms with E-state index in [4.69, 9.17) is 4.74 Å². The number of likely N-dealkylation sites (tertiary alicyclic amines) is 1. The monoisotopic (exact) mass is 533 g/mol. The Kier molecular flexibility index (Phi) is 8.21. The first kappa shape index (κ1) is 26.8. The van der Waals surface area contributed by atoms with Crippen molar-refractivity contribution in [3.05, 3.63) is 76.5 Å². The number of carbonyl (C=O) groups excluding carboxylic acids is 3. The van der Waals surface area contributed by atoms with Crippen molar-refractivity contribution in [2.24, 2.45) is 11.3 Å². The number of H-pyrrole nitrogens is 1. The Balaban J connectivity index is 1.40. The van der Waals surface area contributed by atoms with Gasteiger partial charge in [-0.3, -0.25) is 19.2 Å². The van der Waals surface area contributed by atoms with Crippen LogP contribution in [0.1, 0.15) is 48.0 Å². The van der Waals surface area contributed by atoms with E-state index in [9.17, 15) is 19.2 Å². The van der Waals surface area contributed by atoms with Gasteiger partial charge in [-0.25, -0.2) is 4.98 Å². The first-order valence-corrected chi connectivity index (χ1v) is 13.7. The number of piperidine rings is 1. The van der Waals surface area contributed by atoms with E-state index < -0.39 is 17.0 Å². The Morgan fingerprint density at radius 2 is 1.87 bits per heavy atom. The molecule has 2 saturated heterocycles. The van der Waals surface area contributed by atoms with Crippen molar-refractivity contribution in [1.29, 1.82) is 0 Å². The molecule has 2 aromatic rings. The van der Waals surface area contributed by atoms with Crippen LogP contribution < -0.4 is 16.2 Å². The summed E-state index contributed by atoms with van der Waals surface area (Å²) in [7, 11) is 0. The number of benzene rings is 1. The molecule has 4 heterocycles. The minimum Gasteiger partial charge on any atom is -0.381 e. The number of rotatable bonds is 3. The van der Waals surface area contributed by atoms with Gasteiger partial charge in [0, 0.05) is 50.9 Å². The third-order valence-corrected chi connectivity index (χ3v) is 8.25. The smallest absolute Gasteiger partial charge is 0.263 e. The number of carbonyl (C=O) groups is 3. The third-order valence-electron chi connectivity index (χ3n) is 8.25. The van der Waals surface area contributed by atoms with Crippen LogP contribution in [0, 0.1) is 11.3 Å². The SMILES string of the molecule is O=C1N[C@H]2CCN(C(=O)c3cnc[nH]c3=O)C[C@H]2C/C=C/CC2(CCOCC2)C(=O)N[C@@H]1Cc1ccccc1. The minimum atomic E-state index is -0.725. The lowest BCUT2D eigenvalue weighted by molar-refractivity contribution is -0.140. The summed E-state index contributed by atoms with van der Waals surface area (Å²) >= 11 is 0. The van der Waals surface area contributed by atoms with Gasteiger partial charge in [-0.2, -0.15) is 0 Å². The van der Waals surface area contributed by atoms with Crippen molar-refractivity contribution in [1.82, 2.24) is 25.5 Å². The number of hydrogen-bond donors (Lipinski definition) is 3. The summed E-state index contributed by atoms with van der Waals surface area (Å²) in [6.45, 7) is 1.81. The minimum absolute atomic E-state index is 0.00998. The van der Waals surface area contributed by atoms with E-state index >= 15 is 0 Å². The van der Waals surface area contributed by atoms with Crippen LogP contribution in [-0.2, 0) is 20.7 Å². The van der Waals surface area contributed by atoms with Gasteiger partial charge in [0.25, 0.3) is 11.5 Å². The number of allylic oxidation sites excluding steroid dienone is 2. The molecule has 39 heavy (non-hydrogen) atoms. The average molecular weight is 534 g/mol. The molecule has 3 atom stereocenters. The van der Waals surface area contributed by atoms with Crippen LogP contribution in [0.15, 0.2) is 59.8 Å². The van der Waals surface area contributed by atoms with E-state index in [2.05, 4.69) is 32.8 Å². The summed E-state index contributed by atoms with van der Waals surface area (Å²) in [6, 6.07) is 8.77. The third kappa shape index (κ3) is 6.11. The standard InChI is InChI=1S/C29H35N5O5/c35-25-22(17-30-19-31-25)27(37)34-13-9-23-21(18-34)8-4-5-10-29(11-14-39-15-12-29)28(38)33-24(26(36)32-23)16-20-6-2-1-3-7-20/h1-7,17,19,21,23-24H,8-16,18H2,(H,32,36)(H,33,38)(H,30,31,35)/b5-4+/t21-,23+,24-/m1/s1. The maximum atomic E-state index is 13.7. The van der Waals surface area contributed by atoms with Crippen molar-refractivity contribution in [2.45, 2.75) is 50.6 Å². The molecule has 0 saturated carbocycles. The second-order valence-corrected chi connectivity index (χ2v) is 10.7. The van der Waals surface area contributed by atoms with Crippen molar-refractivity contribution < 1.29 is 19.1 Å². The Morgan fingerprint density at radius 3 is 2.64 bits per heavy atom. The van der Waals surface area contributed by atoms with Gasteiger partial charge in [0.1, 0.15) is 11.6 Å². The average Bonchev–Trinajstić information content (AvgIpc) is 2.96. The Morgan fingerprint density at radius 1 is 1.08 bits per heavy atom. The highest BCUT2D eigenvalue weighted by Crippen LogP contribution is 2.36. The molecule has 3 aliphatic heterocycles. The number of amides is 3. The zero-order valence-corrected chi connectivity index (χ0v) is 21.9. The van der Waals surface area contributed by atoms with E-state index in [0.29, 0.717) is 64.8 Å². The highest BCUT2D eigenvalue weighted by Gasteiger charge is 2.42. The van der Waals surface area contributed by atoms with Crippen molar-refractivity contribution >= 4 is 17.7 Å². The van der Waals surface area contributed by atoms with Gasteiger partial charge in [-0.1, -0.05) is 42.5 Å². The lowest BCUT2D eigenvalue weighted by Gasteiger charge is -2.40. The van der Waals surface area contributed by atoms with Gasteiger partial charge in [-0.15, -0.1) is 0 Å². The molecule has 10 nitrogen and oxygen atoms in total. The maximum absolute atomic E-state index is 13.7. The molecule has 2 fully saturated rings. The lowest BCUT2D eigenvalue weighted by Crippen LogP contribution is -2.58. The van der Waals surface area contributed by atoms with Crippen molar-refractivity contribution in [2.75, 3.05) is 26.3 Å². The number of nitrogens with zero attached hydrogens (tertiary/aromatic N) is 2. The van der Waals surface area contributed by atoms with Crippen molar-refractivity contribution in [3.63, 3.8) is 0 Å². The Hall–Kier alpha value is -3.79. The molecular weight excluding hydrogens is 498 g/mol. The highest BCUT2D eigenvalue weighted by molar-refractivity contribution is 5.93. The molecule has 206 valence electrons. The van der Waals surface area contributed by atoms with Gasteiger partial charge in [0.15, 0.2) is 0 Å². The molecule has 10 heteroatoms. The zero-order valence-electron chi connectivity index (χ0n) is 21.9. The number of fused-ring (bicyclic) bond motifs is 1. The second kappa shape index (κ2) is 11.9. The fourth-order valence-electron chi connectivity index (χ4n) is 5.83. The molecule has 1 aromatic heterocycles. The summed E-state index contributed by atoms with van der Waals surface area (Å²) in [6.07, 6.45) is 9.98. The quantitative estimate of drug-likeness (QED) is 0.513. The summed E-state index contributed by atoms with van der Waals surface area (Å²) in [5, 5.41) is 6.29. The lowest BCUT2D eigenvalue weighted by atomic mass is 9.75. The summed E-state index contributed by atoms with van der Waals surface area (Å²) in [5.41, 5.74) is -0.121. The first-order valence-electron chi connectivity index (χ1n) is 13.7. The summed E-state index contributed by atoms with van der Waals surface area (Å²) in [5.74, 6) is -0.736. The maximum Gasteiger partial charge on any atom is 0.263 e. The van der Waals surface area contributed by atoms with E-state index in [-0.39, 0.29) is 35.2 Å². The van der Waals surface area contributed by atoms with E-state index in [1.165, 1.54) is 12.5 Å². The Labute approximate surface area is 227 Å². The molecule has 0 aliphatic carbocycles. The molecule has 3 aliphatic rings. The fourth-order valence-corrected chi connectivity index (χ4v) is 5.83. The Bertz CT molecular complexity index is 1270. The predicted molar refractivity (Wildman–Crippen MR) is 144 cm³/mol. The number of aromatic nitrogens is 2. The van der Waals surface area contributed by atoms with Crippen LogP contribution in [0.3, 0.4) is 0 Å². The molecular formula is C29H35N5O5. The topological polar surface area (TPSA) is 133 Å². The molecule has 0 bridgehead atoms. The van der Waals surface area contributed by atoms with Crippen LogP contribution in [0.4, 0.5) is 0 Å². The largest absolute Gasteiger partial charge is 0.381 e. The van der Waals surface area contributed by atoms with Gasteiger partial charge >= 0.3 is 0 Å². The predicted octanol–water partition coefficient (Wildman–Crippen LogP) is 1.59. The highest BCUT2D eigenvalue weighted by atomic mass is 16.5. The van der Waals surface area contributed by atoms with Gasteiger partial charge in [0.2, 0.25) is 11.8 Å². The van der Waals surface area contributed by atoms with E-state index in [0.717, 1.165) is 5.56 Å². The second-order valence-electron chi connectivity index (χ2n) is 10.7. The van der Waals surface area contributed by atoms with E-state index in [1.54, 1.807) is 4.90 Å². The first-order chi connectivity index (χ1) is 18.9. The van der Waals surface area contributed by atoms with Crippen LogP contribution in [0.5, 0.6) is 0 Å². The van der Waals surface area contributed by atoms with Crippen molar-refractivity contribution in [3.8, 4) is 0 Å². The zero-order chi connectivity index (χ0) is 27.2. The van der Waals surface area contributed by atoms with Gasteiger partial charge in [0.05, 0.1) is 11.7 Å². The molecule has 1 aromatic carbocycles. The molecule has 3 N–H and O–H groups in total. The number of nitrogens with one attached hydrogen (secondary N) is 3. The van der Waals surface area contributed by atoms with Crippen LogP contribution in [-0.4, -0.2) is 71.0 Å². The molecule has 5 rings (SSSR count).